The molecule has 2 unspecified atom stereocenters. The molecule has 1 heterocycles. The lowest BCUT2D eigenvalue weighted by Gasteiger charge is -2.37. The average molecular weight is 247 g/mol. The second-order valence-corrected chi connectivity index (χ2v) is 5.50. The lowest BCUT2D eigenvalue weighted by molar-refractivity contribution is -0.132. The topological polar surface area (TPSA) is 46.3 Å². The summed E-state index contributed by atoms with van der Waals surface area (Å²) in [5.41, 5.74) is 6.12. The Balaban J connectivity index is 2.41. The van der Waals surface area contributed by atoms with Crippen LogP contribution in [0.15, 0.2) is 0 Å². The summed E-state index contributed by atoms with van der Waals surface area (Å²) in [4.78, 5) is 13.5. The molecule has 1 aliphatic heterocycles. The van der Waals surface area contributed by atoms with Crippen LogP contribution in [0.3, 0.4) is 0 Å². The van der Waals surface area contributed by atoms with Crippen LogP contribution in [-0.4, -0.2) is 35.8 Å². The Labute approximate surface area is 103 Å². The molecule has 0 saturated carbocycles. The number of amides is 1. The van der Waals surface area contributed by atoms with Crippen molar-refractivity contribution in [2.24, 2.45) is 17.6 Å². The number of carbonyl (C=O) groups is 1. The molecule has 1 fully saturated rings. The van der Waals surface area contributed by atoms with Crippen molar-refractivity contribution >= 4 is 17.5 Å². The highest BCUT2D eigenvalue weighted by atomic mass is 35.5. The maximum Gasteiger partial charge on any atom is 0.223 e. The third-order valence-corrected chi connectivity index (χ3v) is 3.43. The first-order chi connectivity index (χ1) is 7.54. The van der Waals surface area contributed by atoms with Gasteiger partial charge in [0.05, 0.1) is 0 Å². The molecular weight excluding hydrogens is 224 g/mol. The first-order valence-electron chi connectivity index (χ1n) is 6.14. The Morgan fingerprint density at radius 1 is 1.56 bits per heavy atom. The molecule has 0 aliphatic carbocycles. The van der Waals surface area contributed by atoms with Crippen LogP contribution in [0.4, 0.5) is 0 Å². The van der Waals surface area contributed by atoms with Gasteiger partial charge in [0.25, 0.3) is 0 Å². The number of alkyl halides is 1. The fourth-order valence-corrected chi connectivity index (χ4v) is 2.56. The maximum absolute atomic E-state index is 11.7. The third-order valence-electron chi connectivity index (χ3n) is 3.24. The predicted octanol–water partition coefficient (Wildman–Crippen LogP) is 1.84. The van der Waals surface area contributed by atoms with Crippen LogP contribution < -0.4 is 5.73 Å². The first-order valence-corrected chi connectivity index (χ1v) is 6.67. The van der Waals surface area contributed by atoms with E-state index < -0.39 is 0 Å². The minimum absolute atomic E-state index is 0.135. The maximum atomic E-state index is 11.7. The molecule has 0 bridgehead atoms. The molecule has 1 aliphatic rings. The van der Waals surface area contributed by atoms with Crippen molar-refractivity contribution in [2.75, 3.05) is 19.0 Å². The summed E-state index contributed by atoms with van der Waals surface area (Å²) >= 11 is 5.57. The monoisotopic (exact) mass is 246 g/mol. The van der Waals surface area contributed by atoms with Gasteiger partial charge >= 0.3 is 0 Å². The van der Waals surface area contributed by atoms with Crippen LogP contribution in [0.1, 0.15) is 33.1 Å². The molecule has 0 aromatic heterocycles. The van der Waals surface area contributed by atoms with Gasteiger partial charge < -0.3 is 10.6 Å². The van der Waals surface area contributed by atoms with Crippen molar-refractivity contribution in [2.45, 2.75) is 39.2 Å². The zero-order valence-electron chi connectivity index (χ0n) is 10.3. The van der Waals surface area contributed by atoms with Crippen LogP contribution in [0, 0.1) is 11.8 Å². The minimum atomic E-state index is 0.135. The molecule has 1 amide bonds. The SMILES string of the molecule is CC(C)CC1CCN(C(=O)CCCl)CC1N. The fraction of sp³-hybridized carbons (Fsp3) is 0.917. The van der Waals surface area contributed by atoms with E-state index in [9.17, 15) is 4.79 Å². The standard InChI is InChI=1S/C12H23ClN2O/c1-9(2)7-10-4-6-15(8-11(10)14)12(16)3-5-13/h9-11H,3-8,14H2,1-2H3. The van der Waals surface area contributed by atoms with E-state index in [4.69, 9.17) is 17.3 Å². The number of nitrogens with two attached hydrogens (primary N) is 1. The van der Waals surface area contributed by atoms with Crippen molar-refractivity contribution in [3.63, 3.8) is 0 Å². The van der Waals surface area contributed by atoms with Gasteiger partial charge in [-0.1, -0.05) is 13.8 Å². The van der Waals surface area contributed by atoms with Crippen LogP contribution in [0.2, 0.25) is 0 Å². The summed E-state index contributed by atoms with van der Waals surface area (Å²) in [5, 5.41) is 0. The molecule has 0 aromatic carbocycles. The largest absolute Gasteiger partial charge is 0.341 e. The third kappa shape index (κ3) is 3.95. The Kier molecular flexibility index (Phi) is 5.56. The highest BCUT2D eigenvalue weighted by Crippen LogP contribution is 2.23. The number of carbonyl (C=O) groups excluding carboxylic acids is 1. The highest BCUT2D eigenvalue weighted by molar-refractivity contribution is 6.18. The van der Waals surface area contributed by atoms with E-state index in [1.165, 1.54) is 6.42 Å². The van der Waals surface area contributed by atoms with Gasteiger partial charge in [0, 0.05) is 31.4 Å². The Morgan fingerprint density at radius 2 is 2.25 bits per heavy atom. The molecule has 94 valence electrons. The van der Waals surface area contributed by atoms with Crippen molar-refractivity contribution in [1.82, 2.24) is 4.90 Å². The van der Waals surface area contributed by atoms with Crippen molar-refractivity contribution in [3.05, 3.63) is 0 Å². The quantitative estimate of drug-likeness (QED) is 0.770. The van der Waals surface area contributed by atoms with Crippen LogP contribution in [0.5, 0.6) is 0 Å². The summed E-state index contributed by atoms with van der Waals surface area (Å²) < 4.78 is 0. The summed E-state index contributed by atoms with van der Waals surface area (Å²) in [5.74, 6) is 1.80. The van der Waals surface area contributed by atoms with Gasteiger partial charge in [-0.2, -0.15) is 0 Å². The molecule has 3 nitrogen and oxygen atoms in total. The normalized spacial score (nSPS) is 26.2. The van der Waals surface area contributed by atoms with Crippen molar-refractivity contribution < 1.29 is 4.79 Å². The second kappa shape index (κ2) is 6.45. The molecule has 2 N–H and O–H groups in total. The first kappa shape index (κ1) is 13.8. The van der Waals surface area contributed by atoms with E-state index in [0.717, 1.165) is 13.0 Å². The van der Waals surface area contributed by atoms with E-state index in [1.807, 2.05) is 4.90 Å². The van der Waals surface area contributed by atoms with E-state index in [2.05, 4.69) is 13.8 Å². The number of hydrogen-bond acceptors (Lipinski definition) is 2. The Bertz CT molecular complexity index is 233. The molecule has 1 rings (SSSR count). The summed E-state index contributed by atoms with van der Waals surface area (Å²) in [6, 6.07) is 0.135. The predicted molar refractivity (Wildman–Crippen MR) is 67.5 cm³/mol. The number of nitrogens with zero attached hydrogens (tertiary/aromatic N) is 1. The second-order valence-electron chi connectivity index (χ2n) is 5.12. The highest BCUT2D eigenvalue weighted by Gasteiger charge is 2.28. The summed E-state index contributed by atoms with van der Waals surface area (Å²) in [6.45, 7) is 5.99. The van der Waals surface area contributed by atoms with Gasteiger partial charge in [0.2, 0.25) is 5.91 Å². The van der Waals surface area contributed by atoms with Gasteiger partial charge in [-0.3, -0.25) is 4.79 Å². The van der Waals surface area contributed by atoms with Crippen LogP contribution in [0.25, 0.3) is 0 Å². The molecule has 0 spiro atoms. The van der Waals surface area contributed by atoms with Crippen LogP contribution in [-0.2, 0) is 4.79 Å². The molecule has 4 heteroatoms. The lowest BCUT2D eigenvalue weighted by Crippen LogP contribution is -2.50. The Morgan fingerprint density at radius 3 is 2.75 bits per heavy atom. The lowest BCUT2D eigenvalue weighted by atomic mass is 9.85. The minimum Gasteiger partial charge on any atom is -0.341 e. The zero-order valence-corrected chi connectivity index (χ0v) is 11.0. The fourth-order valence-electron chi connectivity index (χ4n) is 2.39. The van der Waals surface area contributed by atoms with Gasteiger partial charge in [0.1, 0.15) is 0 Å². The van der Waals surface area contributed by atoms with Gasteiger partial charge in [-0.25, -0.2) is 0 Å². The molecule has 0 radical (unpaired) electrons. The average Bonchev–Trinajstić information content (AvgIpc) is 2.20. The number of piperidine rings is 1. The van der Waals surface area contributed by atoms with E-state index in [0.29, 0.717) is 30.7 Å². The summed E-state index contributed by atoms with van der Waals surface area (Å²) in [7, 11) is 0. The summed E-state index contributed by atoms with van der Waals surface area (Å²) in [6.07, 6.45) is 2.63. The number of rotatable bonds is 4. The Hall–Kier alpha value is -0.280. The van der Waals surface area contributed by atoms with Gasteiger partial charge in [-0.05, 0) is 24.7 Å². The number of halogens is 1. The van der Waals surface area contributed by atoms with Gasteiger partial charge in [0.15, 0.2) is 0 Å². The number of hydrogen-bond donors (Lipinski definition) is 1. The zero-order chi connectivity index (χ0) is 12.1. The van der Waals surface area contributed by atoms with E-state index >= 15 is 0 Å². The smallest absolute Gasteiger partial charge is 0.223 e. The number of likely N-dealkylation sites (tertiary alicyclic amines) is 1. The molecule has 2 atom stereocenters. The molecule has 16 heavy (non-hydrogen) atoms. The van der Waals surface area contributed by atoms with Crippen molar-refractivity contribution in [1.29, 1.82) is 0 Å². The van der Waals surface area contributed by atoms with E-state index in [-0.39, 0.29) is 11.9 Å². The molecule has 0 aromatic rings. The van der Waals surface area contributed by atoms with Gasteiger partial charge in [-0.15, -0.1) is 11.6 Å². The van der Waals surface area contributed by atoms with E-state index in [1.54, 1.807) is 0 Å². The molecular formula is C12H23ClN2O. The van der Waals surface area contributed by atoms with Crippen LogP contribution >= 0.6 is 11.6 Å². The molecule has 1 saturated heterocycles. The van der Waals surface area contributed by atoms with Crippen molar-refractivity contribution in [3.8, 4) is 0 Å².